The van der Waals surface area contributed by atoms with E-state index in [4.69, 9.17) is 17.3 Å². The van der Waals surface area contributed by atoms with Gasteiger partial charge in [0.1, 0.15) is 0 Å². The van der Waals surface area contributed by atoms with Crippen molar-refractivity contribution in [1.82, 2.24) is 0 Å². The van der Waals surface area contributed by atoms with Crippen LogP contribution < -0.4 is 11.1 Å². The van der Waals surface area contributed by atoms with E-state index in [0.29, 0.717) is 0 Å². The number of hydrogen-bond donors (Lipinski definition) is 2. The largest absolute Gasteiger partial charge is 0.398 e. The lowest BCUT2D eigenvalue weighted by molar-refractivity contribution is 1.40. The first-order valence-electron chi connectivity index (χ1n) is 5.57. The van der Waals surface area contributed by atoms with Crippen LogP contribution in [0.2, 0.25) is 5.02 Å². The van der Waals surface area contributed by atoms with Crippen molar-refractivity contribution in [3.63, 3.8) is 0 Å². The van der Waals surface area contributed by atoms with Gasteiger partial charge < -0.3 is 11.1 Å². The van der Waals surface area contributed by atoms with Crippen molar-refractivity contribution in [3.05, 3.63) is 51.0 Å². The molecular weight excluding hydrogens is 312 g/mol. The van der Waals surface area contributed by atoms with Crippen molar-refractivity contribution < 1.29 is 0 Å². The summed E-state index contributed by atoms with van der Waals surface area (Å²) in [5, 5.41) is 4.08. The molecule has 18 heavy (non-hydrogen) atoms. The van der Waals surface area contributed by atoms with Crippen LogP contribution in [0.4, 0.5) is 17.1 Å². The van der Waals surface area contributed by atoms with Crippen molar-refractivity contribution in [3.8, 4) is 0 Å². The number of nitrogens with two attached hydrogens (primary N) is 1. The fourth-order valence-corrected chi connectivity index (χ4v) is 2.40. The van der Waals surface area contributed by atoms with Crippen LogP contribution in [-0.2, 0) is 0 Å². The van der Waals surface area contributed by atoms with Crippen molar-refractivity contribution in [2.75, 3.05) is 11.1 Å². The maximum Gasteiger partial charge on any atom is 0.0543 e. The van der Waals surface area contributed by atoms with Gasteiger partial charge in [-0.1, -0.05) is 17.7 Å². The summed E-state index contributed by atoms with van der Waals surface area (Å²) in [7, 11) is 0. The number of rotatable bonds is 2. The van der Waals surface area contributed by atoms with Crippen molar-refractivity contribution in [2.45, 2.75) is 13.8 Å². The molecule has 0 heterocycles. The zero-order valence-electron chi connectivity index (χ0n) is 10.2. The zero-order valence-corrected chi connectivity index (χ0v) is 12.6. The van der Waals surface area contributed by atoms with Crippen LogP contribution in [-0.4, -0.2) is 0 Å². The lowest BCUT2D eigenvalue weighted by atomic mass is 10.1. The Morgan fingerprint density at radius 2 is 1.89 bits per heavy atom. The first kappa shape index (κ1) is 13.2. The van der Waals surface area contributed by atoms with E-state index in [1.165, 1.54) is 0 Å². The Hall–Kier alpha value is -1.19. The third-order valence-corrected chi connectivity index (χ3v) is 3.96. The zero-order chi connectivity index (χ0) is 13.3. The van der Waals surface area contributed by atoms with E-state index in [0.717, 1.165) is 37.7 Å². The Balaban J connectivity index is 2.40. The molecule has 0 aromatic heterocycles. The fraction of sp³-hybridized carbons (Fsp3) is 0.143. The average Bonchev–Trinajstić information content (AvgIpc) is 2.32. The van der Waals surface area contributed by atoms with Gasteiger partial charge in [0.2, 0.25) is 0 Å². The van der Waals surface area contributed by atoms with E-state index in [9.17, 15) is 0 Å². The third kappa shape index (κ3) is 2.62. The minimum atomic E-state index is 0.738. The highest BCUT2D eigenvalue weighted by molar-refractivity contribution is 9.10. The van der Waals surface area contributed by atoms with Crippen LogP contribution in [0.25, 0.3) is 0 Å². The predicted octanol–water partition coefficient (Wildman–Crippen LogP) is 5.05. The normalized spacial score (nSPS) is 10.4. The summed E-state index contributed by atoms with van der Waals surface area (Å²) in [6.45, 7) is 3.96. The van der Waals surface area contributed by atoms with Gasteiger partial charge in [-0.25, -0.2) is 0 Å². The topological polar surface area (TPSA) is 38.0 Å². The third-order valence-electron chi connectivity index (χ3n) is 2.89. The van der Waals surface area contributed by atoms with Crippen molar-refractivity contribution in [1.29, 1.82) is 0 Å². The van der Waals surface area contributed by atoms with Crippen molar-refractivity contribution >= 4 is 44.6 Å². The van der Waals surface area contributed by atoms with Gasteiger partial charge in [-0.3, -0.25) is 0 Å². The van der Waals surface area contributed by atoms with E-state index >= 15 is 0 Å². The van der Waals surface area contributed by atoms with E-state index < -0.39 is 0 Å². The molecule has 0 aliphatic carbocycles. The molecule has 0 aliphatic rings. The Morgan fingerprint density at radius 3 is 2.61 bits per heavy atom. The molecule has 4 heteroatoms. The SMILES string of the molecule is Cc1cc(Br)c(Nc2cccc(N)c2C)cc1Cl. The molecule has 0 unspecified atom stereocenters. The van der Waals surface area contributed by atoms with Gasteiger partial charge in [0.15, 0.2) is 0 Å². The van der Waals surface area contributed by atoms with Crippen LogP contribution >= 0.6 is 27.5 Å². The number of aryl methyl sites for hydroxylation is 1. The number of nitrogen functional groups attached to an aromatic ring is 1. The smallest absolute Gasteiger partial charge is 0.0543 e. The lowest BCUT2D eigenvalue weighted by Gasteiger charge is -2.13. The maximum atomic E-state index is 6.14. The lowest BCUT2D eigenvalue weighted by Crippen LogP contribution is -1.98. The second-order valence-electron chi connectivity index (χ2n) is 4.23. The molecule has 3 N–H and O–H groups in total. The first-order chi connectivity index (χ1) is 8.49. The number of anilines is 3. The van der Waals surface area contributed by atoms with Crippen molar-refractivity contribution in [2.24, 2.45) is 0 Å². The number of nitrogens with one attached hydrogen (secondary N) is 1. The van der Waals surface area contributed by atoms with Gasteiger partial charge in [-0.2, -0.15) is 0 Å². The highest BCUT2D eigenvalue weighted by Crippen LogP contribution is 2.33. The first-order valence-corrected chi connectivity index (χ1v) is 6.74. The second kappa shape index (κ2) is 5.21. The number of halogens is 2. The summed E-state index contributed by atoms with van der Waals surface area (Å²) >= 11 is 9.67. The van der Waals surface area contributed by atoms with E-state index in [-0.39, 0.29) is 0 Å². The summed E-state index contributed by atoms with van der Waals surface area (Å²) in [6.07, 6.45) is 0. The molecule has 0 atom stereocenters. The minimum absolute atomic E-state index is 0.738. The Kier molecular flexibility index (Phi) is 3.83. The van der Waals surface area contributed by atoms with Gasteiger partial charge in [0, 0.05) is 20.9 Å². The standard InChI is InChI=1S/C14H14BrClN2/c1-8-6-10(15)14(7-11(8)16)18-13-5-3-4-12(17)9(13)2/h3-7,18H,17H2,1-2H3. The number of hydrogen-bond acceptors (Lipinski definition) is 2. The molecule has 2 aromatic carbocycles. The molecule has 2 nitrogen and oxygen atoms in total. The monoisotopic (exact) mass is 324 g/mol. The van der Waals surface area contributed by atoms with Crippen LogP contribution in [0.1, 0.15) is 11.1 Å². The minimum Gasteiger partial charge on any atom is -0.398 e. The Bertz CT molecular complexity index is 597. The Morgan fingerprint density at radius 1 is 1.17 bits per heavy atom. The molecule has 0 aliphatic heterocycles. The van der Waals surface area contributed by atoms with Crippen LogP contribution in [0.3, 0.4) is 0 Å². The molecule has 0 bridgehead atoms. The summed E-state index contributed by atoms with van der Waals surface area (Å²) in [5.74, 6) is 0. The van der Waals surface area contributed by atoms with Gasteiger partial charge in [-0.05, 0) is 65.2 Å². The van der Waals surface area contributed by atoms with Crippen LogP contribution in [0.15, 0.2) is 34.8 Å². The van der Waals surface area contributed by atoms with Gasteiger partial charge >= 0.3 is 0 Å². The summed E-state index contributed by atoms with van der Waals surface area (Å²) in [5.41, 5.74) is 10.6. The molecule has 0 saturated carbocycles. The molecule has 0 amide bonds. The highest BCUT2D eigenvalue weighted by Gasteiger charge is 2.07. The molecule has 0 saturated heterocycles. The van der Waals surface area contributed by atoms with Gasteiger partial charge in [-0.15, -0.1) is 0 Å². The number of benzene rings is 2. The fourth-order valence-electron chi connectivity index (χ4n) is 1.68. The maximum absolute atomic E-state index is 6.14. The molecule has 2 rings (SSSR count). The average molecular weight is 326 g/mol. The summed E-state index contributed by atoms with van der Waals surface area (Å²) in [6, 6.07) is 9.70. The summed E-state index contributed by atoms with van der Waals surface area (Å²) in [4.78, 5) is 0. The van der Waals surface area contributed by atoms with E-state index in [2.05, 4.69) is 21.2 Å². The second-order valence-corrected chi connectivity index (χ2v) is 5.49. The molecule has 0 fully saturated rings. The molecular formula is C14H14BrClN2. The van der Waals surface area contributed by atoms with Crippen LogP contribution in [0.5, 0.6) is 0 Å². The molecule has 94 valence electrons. The van der Waals surface area contributed by atoms with Gasteiger partial charge in [0.25, 0.3) is 0 Å². The quantitative estimate of drug-likeness (QED) is 0.759. The predicted molar refractivity (Wildman–Crippen MR) is 82.8 cm³/mol. The highest BCUT2D eigenvalue weighted by atomic mass is 79.9. The van der Waals surface area contributed by atoms with Gasteiger partial charge in [0.05, 0.1) is 5.69 Å². The van der Waals surface area contributed by atoms with E-state index in [1.807, 2.05) is 44.2 Å². The van der Waals surface area contributed by atoms with E-state index in [1.54, 1.807) is 0 Å². The van der Waals surface area contributed by atoms with Crippen LogP contribution in [0, 0.1) is 13.8 Å². The summed E-state index contributed by atoms with van der Waals surface area (Å²) < 4.78 is 0.978. The molecule has 2 aromatic rings. The molecule has 0 radical (unpaired) electrons. The Labute approximate surface area is 120 Å². The molecule has 0 spiro atoms.